The first kappa shape index (κ1) is 16.3. The topological polar surface area (TPSA) is 38.7 Å². The molecule has 2 aromatic rings. The van der Waals surface area contributed by atoms with Gasteiger partial charge >= 0.3 is 6.36 Å². The van der Waals surface area contributed by atoms with Crippen LogP contribution in [0.3, 0.4) is 0 Å². The molecule has 2 rings (SSSR count). The summed E-state index contributed by atoms with van der Waals surface area (Å²) in [6.07, 6.45) is -4.84. The van der Waals surface area contributed by atoms with Crippen molar-refractivity contribution in [3.05, 3.63) is 41.4 Å². The van der Waals surface area contributed by atoms with Crippen LogP contribution in [0.4, 0.5) is 13.2 Å². The van der Waals surface area contributed by atoms with Crippen LogP contribution in [-0.2, 0) is 0 Å². The molecule has 2 aromatic carbocycles. The molecule has 0 saturated carbocycles. The number of rotatable bonds is 4. The fraction of sp³-hybridized carbons (Fsp3) is 0.200. The Morgan fingerprint density at radius 2 is 1.82 bits per heavy atom. The van der Waals surface area contributed by atoms with E-state index >= 15 is 0 Å². The van der Waals surface area contributed by atoms with Crippen LogP contribution in [0.25, 0.3) is 11.1 Å². The Bertz CT molecular complexity index is 672. The summed E-state index contributed by atoms with van der Waals surface area (Å²) in [7, 11) is 0. The molecule has 0 atom stereocenters. The zero-order valence-electron chi connectivity index (χ0n) is 11.4. The lowest BCUT2D eigenvalue weighted by Crippen LogP contribution is -2.17. The molecule has 0 aromatic heterocycles. The number of aromatic hydroxyl groups is 1. The van der Waals surface area contributed by atoms with E-state index < -0.39 is 12.1 Å². The third-order valence-electron chi connectivity index (χ3n) is 2.69. The molecule has 0 radical (unpaired) electrons. The summed E-state index contributed by atoms with van der Waals surface area (Å²) in [6.45, 7) is 2.28. The third-order valence-corrected chi connectivity index (χ3v) is 3.00. The summed E-state index contributed by atoms with van der Waals surface area (Å²) in [4.78, 5) is 0. The molecule has 0 saturated heterocycles. The van der Waals surface area contributed by atoms with Crippen LogP contribution >= 0.6 is 11.6 Å². The lowest BCUT2D eigenvalue weighted by Gasteiger charge is -2.12. The van der Waals surface area contributed by atoms with Gasteiger partial charge in [-0.1, -0.05) is 11.6 Å². The third kappa shape index (κ3) is 4.21. The first-order valence-corrected chi connectivity index (χ1v) is 6.69. The van der Waals surface area contributed by atoms with Crippen LogP contribution in [-0.4, -0.2) is 18.1 Å². The largest absolute Gasteiger partial charge is 0.573 e. The van der Waals surface area contributed by atoms with E-state index in [0.29, 0.717) is 23.5 Å². The molecular weight excluding hydrogens is 321 g/mol. The minimum atomic E-state index is -4.84. The van der Waals surface area contributed by atoms with Gasteiger partial charge in [0.25, 0.3) is 0 Å². The molecule has 0 amide bonds. The number of ether oxygens (including phenoxy) is 2. The Hall–Kier alpha value is -2.08. The second-order valence-electron chi connectivity index (χ2n) is 4.34. The highest BCUT2D eigenvalue weighted by molar-refractivity contribution is 6.33. The van der Waals surface area contributed by atoms with Crippen molar-refractivity contribution in [2.45, 2.75) is 13.3 Å². The molecule has 1 N–H and O–H groups in total. The maximum Gasteiger partial charge on any atom is 0.573 e. The first-order chi connectivity index (χ1) is 10.3. The van der Waals surface area contributed by atoms with E-state index in [2.05, 4.69) is 4.74 Å². The van der Waals surface area contributed by atoms with E-state index in [0.717, 1.165) is 12.1 Å². The number of benzene rings is 2. The highest BCUT2D eigenvalue weighted by Crippen LogP contribution is 2.36. The molecule has 0 bridgehead atoms. The van der Waals surface area contributed by atoms with E-state index in [9.17, 15) is 18.3 Å². The van der Waals surface area contributed by atoms with Gasteiger partial charge in [0.2, 0.25) is 0 Å². The molecular formula is C15H12ClF3O3. The number of phenolic OH excluding ortho intramolecular Hbond substituents is 1. The molecule has 0 spiro atoms. The first-order valence-electron chi connectivity index (χ1n) is 6.31. The Morgan fingerprint density at radius 1 is 1.09 bits per heavy atom. The minimum absolute atomic E-state index is 0.287. The number of phenols is 1. The fourth-order valence-corrected chi connectivity index (χ4v) is 2.20. The van der Waals surface area contributed by atoms with Crippen molar-refractivity contribution in [2.75, 3.05) is 6.61 Å². The van der Waals surface area contributed by atoms with Gasteiger partial charge in [-0.2, -0.15) is 0 Å². The van der Waals surface area contributed by atoms with Crippen molar-refractivity contribution < 1.29 is 27.8 Å². The van der Waals surface area contributed by atoms with Gasteiger partial charge in [0, 0.05) is 11.6 Å². The summed E-state index contributed by atoms with van der Waals surface area (Å²) in [5, 5.41) is 9.85. The molecule has 0 aliphatic heterocycles. The van der Waals surface area contributed by atoms with Crippen molar-refractivity contribution >= 4 is 11.6 Å². The zero-order chi connectivity index (χ0) is 16.3. The maximum absolute atomic E-state index is 12.3. The lowest BCUT2D eigenvalue weighted by atomic mass is 10.0. The van der Waals surface area contributed by atoms with E-state index in [-0.39, 0.29) is 10.8 Å². The SMILES string of the molecule is CCOc1ccc(-c2cc(O)cc(OC(F)(F)F)c2)c(Cl)c1. The van der Waals surface area contributed by atoms with Gasteiger partial charge in [-0.25, -0.2) is 0 Å². The van der Waals surface area contributed by atoms with Crippen molar-refractivity contribution in [1.29, 1.82) is 0 Å². The van der Waals surface area contributed by atoms with Crippen LogP contribution in [0.15, 0.2) is 36.4 Å². The van der Waals surface area contributed by atoms with Crippen LogP contribution in [0.2, 0.25) is 5.02 Å². The Kier molecular flexibility index (Phi) is 4.71. The number of hydrogen-bond donors (Lipinski definition) is 1. The average Bonchev–Trinajstić information content (AvgIpc) is 2.36. The van der Waals surface area contributed by atoms with Crippen LogP contribution in [0, 0.1) is 0 Å². The minimum Gasteiger partial charge on any atom is -0.508 e. The molecule has 118 valence electrons. The van der Waals surface area contributed by atoms with Gasteiger partial charge in [0.15, 0.2) is 0 Å². The lowest BCUT2D eigenvalue weighted by molar-refractivity contribution is -0.274. The van der Waals surface area contributed by atoms with E-state index in [4.69, 9.17) is 16.3 Å². The maximum atomic E-state index is 12.3. The monoisotopic (exact) mass is 332 g/mol. The van der Waals surface area contributed by atoms with Gasteiger partial charge < -0.3 is 14.6 Å². The molecule has 22 heavy (non-hydrogen) atoms. The Labute approximate surface area is 129 Å². The zero-order valence-corrected chi connectivity index (χ0v) is 12.2. The van der Waals surface area contributed by atoms with Gasteiger partial charge in [-0.05, 0) is 42.8 Å². The number of alkyl halides is 3. The predicted octanol–water partition coefficient (Wildman–Crippen LogP) is 5.01. The van der Waals surface area contributed by atoms with Crippen molar-refractivity contribution in [3.8, 4) is 28.4 Å². The normalized spacial score (nSPS) is 11.3. The molecule has 3 nitrogen and oxygen atoms in total. The van der Waals surface area contributed by atoms with Gasteiger partial charge in [0.05, 0.1) is 11.6 Å². The van der Waals surface area contributed by atoms with Crippen molar-refractivity contribution in [2.24, 2.45) is 0 Å². The molecule has 0 unspecified atom stereocenters. The molecule has 0 heterocycles. The van der Waals surface area contributed by atoms with Crippen LogP contribution in [0.1, 0.15) is 6.92 Å². The Balaban J connectivity index is 2.40. The van der Waals surface area contributed by atoms with Crippen molar-refractivity contribution in [3.63, 3.8) is 0 Å². The predicted molar refractivity (Wildman–Crippen MR) is 76.4 cm³/mol. The summed E-state index contributed by atoms with van der Waals surface area (Å²) in [5.41, 5.74) is 0.750. The molecule has 0 fully saturated rings. The van der Waals surface area contributed by atoms with Gasteiger partial charge in [0.1, 0.15) is 17.2 Å². The number of halogens is 4. The Morgan fingerprint density at radius 3 is 2.41 bits per heavy atom. The average molecular weight is 333 g/mol. The standard InChI is InChI=1S/C15H12ClF3O3/c1-2-21-11-3-4-13(14(16)8-11)9-5-10(20)7-12(6-9)22-15(17,18)19/h3-8,20H,2H2,1H3. The summed E-state index contributed by atoms with van der Waals surface area (Å²) in [5.74, 6) is -0.336. The van der Waals surface area contributed by atoms with Gasteiger partial charge in [-0.3, -0.25) is 0 Å². The highest BCUT2D eigenvalue weighted by Gasteiger charge is 2.31. The summed E-state index contributed by atoms with van der Waals surface area (Å²) < 4.78 is 45.9. The van der Waals surface area contributed by atoms with Gasteiger partial charge in [-0.15, -0.1) is 13.2 Å². The molecule has 7 heteroatoms. The summed E-state index contributed by atoms with van der Waals surface area (Å²) in [6, 6.07) is 8.10. The quantitative estimate of drug-likeness (QED) is 0.855. The fourth-order valence-electron chi connectivity index (χ4n) is 1.92. The molecule has 0 aliphatic carbocycles. The second-order valence-corrected chi connectivity index (χ2v) is 4.75. The summed E-state index contributed by atoms with van der Waals surface area (Å²) >= 11 is 6.11. The van der Waals surface area contributed by atoms with Crippen molar-refractivity contribution in [1.82, 2.24) is 0 Å². The second kappa shape index (κ2) is 6.36. The van der Waals surface area contributed by atoms with Crippen LogP contribution < -0.4 is 9.47 Å². The molecule has 0 aliphatic rings. The van der Waals surface area contributed by atoms with E-state index in [1.807, 2.05) is 6.92 Å². The van der Waals surface area contributed by atoms with Crippen LogP contribution in [0.5, 0.6) is 17.2 Å². The van der Waals surface area contributed by atoms with E-state index in [1.54, 1.807) is 18.2 Å². The number of hydrogen-bond acceptors (Lipinski definition) is 3. The van der Waals surface area contributed by atoms with E-state index in [1.165, 1.54) is 6.07 Å². The highest BCUT2D eigenvalue weighted by atomic mass is 35.5. The smallest absolute Gasteiger partial charge is 0.508 e.